The second-order valence-corrected chi connectivity index (χ2v) is 12.1. The van der Waals surface area contributed by atoms with Crippen molar-refractivity contribution in [2.24, 2.45) is 0 Å². The van der Waals surface area contributed by atoms with Crippen LogP contribution in [-0.4, -0.2) is 0 Å². The normalized spacial score (nSPS) is 13.6. The number of nitrogens with zero attached hydrogens (tertiary/aromatic N) is 1. The van der Waals surface area contributed by atoms with Crippen molar-refractivity contribution in [3.8, 4) is 11.1 Å². The molecule has 1 heterocycles. The van der Waals surface area contributed by atoms with Crippen molar-refractivity contribution in [1.29, 1.82) is 0 Å². The lowest BCUT2D eigenvalue weighted by molar-refractivity contribution is 0.660. The summed E-state index contributed by atoms with van der Waals surface area (Å²) < 4.78 is 2.66. The maximum Gasteiger partial charge on any atom is 0.0546 e. The van der Waals surface area contributed by atoms with Crippen molar-refractivity contribution in [2.75, 3.05) is 4.90 Å². The molecule has 0 aliphatic heterocycles. The molecule has 0 saturated carbocycles. The van der Waals surface area contributed by atoms with Crippen molar-refractivity contribution >= 4 is 59.3 Å². The first-order chi connectivity index (χ1) is 19.1. The van der Waals surface area contributed by atoms with E-state index in [1.54, 1.807) is 0 Å². The summed E-state index contributed by atoms with van der Waals surface area (Å²) in [7, 11) is 0. The van der Waals surface area contributed by atoms with E-state index in [4.69, 9.17) is 0 Å². The van der Waals surface area contributed by atoms with Gasteiger partial charge in [0.05, 0.1) is 5.69 Å². The molecule has 6 aromatic carbocycles. The number of fused-ring (bicyclic) bond motifs is 8. The van der Waals surface area contributed by atoms with Crippen LogP contribution in [0.1, 0.15) is 25.0 Å². The van der Waals surface area contributed by atoms with Crippen LogP contribution in [0.25, 0.3) is 42.1 Å². The molecule has 1 nitrogen and oxygen atoms in total. The number of hydrogen-bond acceptors (Lipinski definition) is 2. The fourth-order valence-electron chi connectivity index (χ4n) is 6.60. The van der Waals surface area contributed by atoms with E-state index in [1.165, 1.54) is 64.6 Å². The van der Waals surface area contributed by atoms with Gasteiger partial charge in [0.25, 0.3) is 0 Å². The fraction of sp³-hybridized carbons (Fsp3) is 0.0811. The SMILES string of the molecule is CC1(C)c2ccccc2-c2ccc(N(c3ccccc3)c3cccc4ccc5sc6ccccc6c5c34)cc21. The van der Waals surface area contributed by atoms with Crippen molar-refractivity contribution in [1.82, 2.24) is 0 Å². The number of rotatable bonds is 3. The molecule has 2 heteroatoms. The zero-order valence-electron chi connectivity index (χ0n) is 22.0. The minimum absolute atomic E-state index is 0.0557. The smallest absolute Gasteiger partial charge is 0.0546 e. The monoisotopic (exact) mass is 517 g/mol. The summed E-state index contributed by atoms with van der Waals surface area (Å²) in [4.78, 5) is 2.45. The molecular formula is C37H27NS. The molecule has 0 N–H and O–H groups in total. The number of para-hydroxylation sites is 1. The highest BCUT2D eigenvalue weighted by molar-refractivity contribution is 7.26. The summed E-state index contributed by atoms with van der Waals surface area (Å²) in [6.07, 6.45) is 0. The van der Waals surface area contributed by atoms with Gasteiger partial charge in [0, 0.05) is 42.3 Å². The molecule has 7 aromatic rings. The molecule has 1 aromatic heterocycles. The van der Waals surface area contributed by atoms with Crippen LogP contribution in [0, 0.1) is 0 Å². The molecule has 186 valence electrons. The van der Waals surface area contributed by atoms with Crippen LogP contribution in [0.2, 0.25) is 0 Å². The van der Waals surface area contributed by atoms with E-state index in [0.29, 0.717) is 0 Å². The molecule has 0 atom stereocenters. The molecule has 8 rings (SSSR count). The largest absolute Gasteiger partial charge is 0.310 e. The summed E-state index contributed by atoms with van der Waals surface area (Å²) in [6, 6.07) is 46.8. The quantitative estimate of drug-likeness (QED) is 0.225. The van der Waals surface area contributed by atoms with Gasteiger partial charge in [0.15, 0.2) is 0 Å². The van der Waals surface area contributed by atoms with Crippen molar-refractivity contribution in [2.45, 2.75) is 19.3 Å². The van der Waals surface area contributed by atoms with E-state index in [9.17, 15) is 0 Å². The van der Waals surface area contributed by atoms with E-state index in [-0.39, 0.29) is 5.41 Å². The standard InChI is InChI=1S/C37H27NS/c1-37(2)30-16-8-6-14-27(30)28-21-20-26(23-31(28)37)38(25-12-4-3-5-13-25)32-17-10-11-24-19-22-34-36(35(24)32)29-15-7-9-18-33(29)39-34/h3-23H,1-2H3. The molecule has 0 amide bonds. The first-order valence-electron chi connectivity index (χ1n) is 13.5. The maximum atomic E-state index is 2.45. The van der Waals surface area contributed by atoms with Crippen LogP contribution in [0.5, 0.6) is 0 Å². The van der Waals surface area contributed by atoms with Crippen molar-refractivity contribution in [3.05, 3.63) is 139 Å². The predicted octanol–water partition coefficient (Wildman–Crippen LogP) is 11.0. The van der Waals surface area contributed by atoms with E-state index >= 15 is 0 Å². The van der Waals surface area contributed by atoms with Crippen molar-refractivity contribution in [3.63, 3.8) is 0 Å². The Morgan fingerprint density at radius 3 is 2.21 bits per heavy atom. The van der Waals surface area contributed by atoms with Gasteiger partial charge in [-0.2, -0.15) is 0 Å². The van der Waals surface area contributed by atoms with E-state index in [0.717, 1.165) is 5.69 Å². The molecule has 0 bridgehead atoms. The third kappa shape index (κ3) is 3.25. The van der Waals surface area contributed by atoms with E-state index in [2.05, 4.69) is 146 Å². The van der Waals surface area contributed by atoms with E-state index in [1.807, 2.05) is 11.3 Å². The highest BCUT2D eigenvalue weighted by atomic mass is 32.1. The van der Waals surface area contributed by atoms with Gasteiger partial charge < -0.3 is 4.90 Å². The molecule has 1 aliphatic carbocycles. The van der Waals surface area contributed by atoms with Crippen LogP contribution in [0.15, 0.2) is 127 Å². The molecule has 0 saturated heterocycles. The lowest BCUT2D eigenvalue weighted by Crippen LogP contribution is -2.16. The van der Waals surface area contributed by atoms with E-state index < -0.39 is 0 Å². The van der Waals surface area contributed by atoms with Gasteiger partial charge >= 0.3 is 0 Å². The number of benzene rings is 6. The number of thiophene rings is 1. The highest BCUT2D eigenvalue weighted by Gasteiger charge is 2.35. The molecule has 39 heavy (non-hydrogen) atoms. The predicted molar refractivity (Wildman–Crippen MR) is 169 cm³/mol. The second kappa shape index (κ2) is 8.30. The lowest BCUT2D eigenvalue weighted by atomic mass is 9.82. The van der Waals surface area contributed by atoms with Crippen LogP contribution in [0.3, 0.4) is 0 Å². The number of hydrogen-bond donors (Lipinski definition) is 0. The van der Waals surface area contributed by atoms with Crippen LogP contribution < -0.4 is 4.90 Å². The Hall–Kier alpha value is -4.40. The van der Waals surface area contributed by atoms with Gasteiger partial charge in [0.1, 0.15) is 0 Å². The zero-order chi connectivity index (χ0) is 26.1. The van der Waals surface area contributed by atoms with Gasteiger partial charge in [-0.25, -0.2) is 0 Å². The third-order valence-electron chi connectivity index (χ3n) is 8.44. The van der Waals surface area contributed by atoms with Crippen molar-refractivity contribution < 1.29 is 0 Å². The Labute approximate surface area is 232 Å². The minimum Gasteiger partial charge on any atom is -0.310 e. The third-order valence-corrected chi connectivity index (χ3v) is 9.58. The molecule has 0 unspecified atom stereocenters. The maximum absolute atomic E-state index is 2.45. The van der Waals surface area contributed by atoms with Crippen LogP contribution in [0.4, 0.5) is 17.1 Å². The van der Waals surface area contributed by atoms with Gasteiger partial charge in [0.2, 0.25) is 0 Å². The fourth-order valence-corrected chi connectivity index (χ4v) is 7.71. The van der Waals surface area contributed by atoms with Gasteiger partial charge in [-0.15, -0.1) is 11.3 Å². The average Bonchev–Trinajstić information content (AvgIpc) is 3.47. The summed E-state index contributed by atoms with van der Waals surface area (Å²) in [6.45, 7) is 4.71. The van der Waals surface area contributed by atoms with Crippen LogP contribution >= 0.6 is 11.3 Å². The molecule has 0 fully saturated rings. The Bertz CT molecular complexity index is 2050. The summed E-state index contributed by atoms with van der Waals surface area (Å²) in [5.74, 6) is 0. The Balaban J connectivity index is 1.44. The zero-order valence-corrected chi connectivity index (χ0v) is 22.8. The Kier molecular flexibility index (Phi) is 4.80. The molecular weight excluding hydrogens is 490 g/mol. The first kappa shape index (κ1) is 22.6. The van der Waals surface area contributed by atoms with Gasteiger partial charge in [-0.1, -0.05) is 98.8 Å². The van der Waals surface area contributed by atoms with Gasteiger partial charge in [-0.05, 0) is 70.1 Å². The summed E-state index contributed by atoms with van der Waals surface area (Å²) in [5, 5.41) is 5.24. The van der Waals surface area contributed by atoms with Crippen LogP contribution in [-0.2, 0) is 5.41 Å². The molecule has 0 spiro atoms. The topological polar surface area (TPSA) is 3.24 Å². The molecule has 0 radical (unpaired) electrons. The second-order valence-electron chi connectivity index (χ2n) is 11.0. The highest BCUT2D eigenvalue weighted by Crippen LogP contribution is 2.51. The summed E-state index contributed by atoms with van der Waals surface area (Å²) >= 11 is 1.88. The first-order valence-corrected chi connectivity index (χ1v) is 14.4. The van der Waals surface area contributed by atoms with Gasteiger partial charge in [-0.3, -0.25) is 0 Å². The number of anilines is 3. The molecule has 1 aliphatic rings. The lowest BCUT2D eigenvalue weighted by Gasteiger charge is -2.29. The Morgan fingerprint density at radius 1 is 0.538 bits per heavy atom. The average molecular weight is 518 g/mol. The summed E-state index contributed by atoms with van der Waals surface area (Å²) in [5.41, 5.74) is 8.98. The minimum atomic E-state index is -0.0557. The Morgan fingerprint density at radius 2 is 1.31 bits per heavy atom.